The third-order valence-electron chi connectivity index (χ3n) is 1.71. The summed E-state index contributed by atoms with van der Waals surface area (Å²) in [5, 5.41) is 3.29. The molecule has 0 aliphatic carbocycles. The van der Waals surface area contributed by atoms with E-state index in [0.29, 0.717) is 6.04 Å². The topological polar surface area (TPSA) is 24.4 Å². The predicted molar refractivity (Wildman–Crippen MR) is 49.2 cm³/mol. The first-order valence-electron chi connectivity index (χ1n) is 4.33. The van der Waals surface area contributed by atoms with Gasteiger partial charge in [-0.2, -0.15) is 0 Å². The van der Waals surface area contributed by atoms with Crippen molar-refractivity contribution < 1.29 is 0 Å². The summed E-state index contributed by atoms with van der Waals surface area (Å²) in [6.07, 6.45) is 3.28. The quantitative estimate of drug-likeness (QED) is 0.568. The Morgan fingerprint density at radius 3 is 2.64 bits per heavy atom. The minimum Gasteiger partial charge on any atom is -0.315 e. The van der Waals surface area contributed by atoms with Gasteiger partial charge in [0.15, 0.2) is 0 Å². The lowest BCUT2D eigenvalue weighted by Crippen LogP contribution is -2.14. The molecule has 64 valence electrons. The van der Waals surface area contributed by atoms with Gasteiger partial charge in [-0.25, -0.2) is 0 Å². The molecule has 1 aliphatic heterocycles. The molecular weight excluding hydrogens is 136 g/mol. The van der Waals surface area contributed by atoms with Gasteiger partial charge in [0.1, 0.15) is 0 Å². The highest BCUT2D eigenvalue weighted by molar-refractivity contribution is 5.64. The van der Waals surface area contributed by atoms with Crippen LogP contribution in [0.25, 0.3) is 0 Å². The fourth-order valence-electron chi connectivity index (χ4n) is 1.10. The number of aliphatic imine (C=N–C) groups is 1. The molecule has 0 aromatic rings. The highest BCUT2D eigenvalue weighted by atomic mass is 15.0. The van der Waals surface area contributed by atoms with E-state index in [9.17, 15) is 0 Å². The minimum atomic E-state index is 0.239. The van der Waals surface area contributed by atoms with Gasteiger partial charge in [0.2, 0.25) is 0 Å². The lowest BCUT2D eigenvalue weighted by molar-refractivity contribution is 0.596. The van der Waals surface area contributed by atoms with Crippen LogP contribution in [0.15, 0.2) is 4.99 Å². The van der Waals surface area contributed by atoms with Crippen molar-refractivity contribution >= 4 is 6.21 Å². The molecule has 0 amide bonds. The lowest BCUT2D eigenvalue weighted by Gasteiger charge is -2.11. The van der Waals surface area contributed by atoms with E-state index in [1.54, 1.807) is 0 Å². The first-order valence-corrected chi connectivity index (χ1v) is 4.33. The normalized spacial score (nSPS) is 26.6. The van der Waals surface area contributed by atoms with Crippen molar-refractivity contribution in [3.05, 3.63) is 0 Å². The van der Waals surface area contributed by atoms with Crippen LogP contribution in [0.2, 0.25) is 0 Å². The first-order chi connectivity index (χ1) is 5.08. The Morgan fingerprint density at radius 1 is 1.45 bits per heavy atom. The van der Waals surface area contributed by atoms with Gasteiger partial charge >= 0.3 is 0 Å². The van der Waals surface area contributed by atoms with Crippen LogP contribution >= 0.6 is 0 Å². The van der Waals surface area contributed by atoms with Crippen molar-refractivity contribution in [2.45, 2.75) is 33.2 Å². The maximum atomic E-state index is 4.51. The molecule has 0 bridgehead atoms. The zero-order valence-corrected chi connectivity index (χ0v) is 7.72. The smallest absolute Gasteiger partial charge is 0.0632 e. The van der Waals surface area contributed by atoms with E-state index >= 15 is 0 Å². The maximum Gasteiger partial charge on any atom is 0.0632 e. The lowest BCUT2D eigenvalue weighted by atomic mass is 9.99. The second-order valence-electron chi connectivity index (χ2n) is 4.29. The molecule has 1 heterocycles. The molecule has 0 radical (unpaired) electrons. The molecule has 0 aromatic carbocycles. The fourth-order valence-corrected chi connectivity index (χ4v) is 1.10. The molecule has 0 spiro atoms. The van der Waals surface area contributed by atoms with E-state index in [0.717, 1.165) is 13.1 Å². The number of hydrogen-bond donors (Lipinski definition) is 1. The fraction of sp³-hybridized carbons (Fsp3) is 0.889. The summed E-state index contributed by atoms with van der Waals surface area (Å²) < 4.78 is 0. The van der Waals surface area contributed by atoms with Crippen LogP contribution in [0.3, 0.4) is 0 Å². The highest BCUT2D eigenvalue weighted by Gasteiger charge is 2.13. The molecule has 0 aromatic heterocycles. The van der Waals surface area contributed by atoms with Gasteiger partial charge in [-0.05, 0) is 18.4 Å². The van der Waals surface area contributed by atoms with Crippen LogP contribution in [0.1, 0.15) is 27.2 Å². The third-order valence-corrected chi connectivity index (χ3v) is 1.71. The van der Waals surface area contributed by atoms with Crippen LogP contribution in [-0.2, 0) is 0 Å². The summed E-state index contributed by atoms with van der Waals surface area (Å²) in [7, 11) is 0. The molecule has 1 atom stereocenters. The van der Waals surface area contributed by atoms with E-state index < -0.39 is 0 Å². The largest absolute Gasteiger partial charge is 0.315 e. The molecule has 1 saturated heterocycles. The monoisotopic (exact) mass is 154 g/mol. The number of nitrogens with one attached hydrogen (secondary N) is 1. The van der Waals surface area contributed by atoms with Crippen LogP contribution in [0.4, 0.5) is 0 Å². The van der Waals surface area contributed by atoms with E-state index in [-0.39, 0.29) is 5.41 Å². The Kier molecular flexibility index (Phi) is 2.66. The van der Waals surface area contributed by atoms with Crippen molar-refractivity contribution in [1.82, 2.24) is 5.32 Å². The van der Waals surface area contributed by atoms with Gasteiger partial charge in [0.25, 0.3) is 0 Å². The van der Waals surface area contributed by atoms with Gasteiger partial charge in [-0.1, -0.05) is 20.8 Å². The molecule has 11 heavy (non-hydrogen) atoms. The SMILES string of the molecule is CC(C)(C)C=N[C@H]1CCNC1. The predicted octanol–water partition coefficient (Wildman–Crippen LogP) is 1.47. The molecular formula is C9H18N2. The van der Waals surface area contributed by atoms with E-state index in [2.05, 4.69) is 37.3 Å². The summed E-state index contributed by atoms with van der Waals surface area (Å²) in [5.41, 5.74) is 0.239. The molecule has 2 heteroatoms. The Hall–Kier alpha value is -0.370. The maximum absolute atomic E-state index is 4.51. The van der Waals surface area contributed by atoms with Crippen molar-refractivity contribution in [3.8, 4) is 0 Å². The first kappa shape index (κ1) is 8.72. The Morgan fingerprint density at radius 2 is 2.18 bits per heavy atom. The average molecular weight is 154 g/mol. The van der Waals surface area contributed by atoms with Crippen LogP contribution in [-0.4, -0.2) is 25.3 Å². The molecule has 1 aliphatic rings. The number of hydrogen-bond acceptors (Lipinski definition) is 2. The molecule has 0 unspecified atom stereocenters. The van der Waals surface area contributed by atoms with E-state index in [1.165, 1.54) is 6.42 Å². The Labute approximate surface area is 69.1 Å². The molecule has 1 N–H and O–H groups in total. The van der Waals surface area contributed by atoms with Gasteiger partial charge < -0.3 is 5.32 Å². The van der Waals surface area contributed by atoms with Gasteiger partial charge in [0.05, 0.1) is 6.04 Å². The Balaban J connectivity index is 2.34. The van der Waals surface area contributed by atoms with Crippen LogP contribution in [0, 0.1) is 5.41 Å². The van der Waals surface area contributed by atoms with Gasteiger partial charge in [0, 0.05) is 12.8 Å². The van der Waals surface area contributed by atoms with Crippen molar-refractivity contribution in [1.29, 1.82) is 0 Å². The molecule has 1 rings (SSSR count). The van der Waals surface area contributed by atoms with Crippen molar-refractivity contribution in [3.63, 3.8) is 0 Å². The summed E-state index contributed by atoms with van der Waals surface area (Å²) in [5.74, 6) is 0. The average Bonchev–Trinajstić information content (AvgIpc) is 2.32. The zero-order chi connectivity index (χ0) is 8.32. The van der Waals surface area contributed by atoms with Crippen LogP contribution < -0.4 is 5.32 Å². The third kappa shape index (κ3) is 3.51. The van der Waals surface area contributed by atoms with E-state index in [4.69, 9.17) is 0 Å². The second-order valence-corrected chi connectivity index (χ2v) is 4.29. The van der Waals surface area contributed by atoms with Gasteiger partial charge in [-0.15, -0.1) is 0 Å². The summed E-state index contributed by atoms with van der Waals surface area (Å²) in [6.45, 7) is 8.73. The standard InChI is InChI=1S/C9H18N2/c1-9(2,3)7-11-8-4-5-10-6-8/h7-8,10H,4-6H2,1-3H3/t8-/m0/s1. The molecule has 2 nitrogen and oxygen atoms in total. The summed E-state index contributed by atoms with van der Waals surface area (Å²) in [4.78, 5) is 4.51. The van der Waals surface area contributed by atoms with E-state index in [1.807, 2.05) is 0 Å². The molecule has 0 saturated carbocycles. The number of rotatable bonds is 1. The van der Waals surface area contributed by atoms with Gasteiger partial charge in [-0.3, -0.25) is 4.99 Å². The van der Waals surface area contributed by atoms with Crippen molar-refractivity contribution in [2.75, 3.05) is 13.1 Å². The zero-order valence-electron chi connectivity index (χ0n) is 7.72. The number of nitrogens with zero attached hydrogens (tertiary/aromatic N) is 1. The minimum absolute atomic E-state index is 0.239. The second kappa shape index (κ2) is 3.35. The molecule has 1 fully saturated rings. The summed E-state index contributed by atoms with van der Waals surface area (Å²) in [6, 6.07) is 0.536. The highest BCUT2D eigenvalue weighted by Crippen LogP contribution is 2.10. The Bertz CT molecular complexity index is 138. The van der Waals surface area contributed by atoms with Crippen LogP contribution in [0.5, 0.6) is 0 Å². The van der Waals surface area contributed by atoms with Crippen molar-refractivity contribution in [2.24, 2.45) is 10.4 Å². The summed E-state index contributed by atoms with van der Waals surface area (Å²) >= 11 is 0.